The van der Waals surface area contributed by atoms with E-state index in [-0.39, 0.29) is 4.90 Å². The molecule has 0 fully saturated rings. The lowest BCUT2D eigenvalue weighted by Gasteiger charge is -2.11. The number of rotatable bonds is 6. The highest BCUT2D eigenvalue weighted by atomic mass is 32.2. The van der Waals surface area contributed by atoms with Gasteiger partial charge >= 0.3 is 0 Å². The summed E-state index contributed by atoms with van der Waals surface area (Å²) in [4.78, 5) is 10.0. The number of hydrogen-bond acceptors (Lipinski definition) is 5. The Labute approximate surface area is 152 Å². The summed E-state index contributed by atoms with van der Waals surface area (Å²) < 4.78 is 22.5. The first kappa shape index (κ1) is 19.4. The molecule has 0 bridgehead atoms. The Hall–Kier alpha value is -1.97. The summed E-state index contributed by atoms with van der Waals surface area (Å²) in [5, 5.41) is 12.6. The van der Waals surface area contributed by atoms with Crippen molar-refractivity contribution in [3.8, 4) is 0 Å². The Bertz CT molecular complexity index is 822. The molecule has 0 unspecified atom stereocenters. The standard InChI is InChI=1S/C16H23N5O2S2/c1-11-12(2)24-15(21-11)8-9-19-16(18-3)20-10-13-4-6-14(7-5-13)25(17,22)23/h4-7H,8-10H2,1-3H3,(H2,17,22,23)(H2,18,19,20). The van der Waals surface area contributed by atoms with E-state index >= 15 is 0 Å². The number of aliphatic imine (C=N–C) groups is 1. The molecule has 0 aliphatic rings. The number of nitrogens with zero attached hydrogens (tertiary/aromatic N) is 2. The van der Waals surface area contributed by atoms with Crippen LogP contribution in [0.4, 0.5) is 0 Å². The summed E-state index contributed by atoms with van der Waals surface area (Å²) in [6, 6.07) is 6.44. The van der Waals surface area contributed by atoms with Crippen molar-refractivity contribution in [2.45, 2.75) is 31.7 Å². The average molecular weight is 382 g/mol. The van der Waals surface area contributed by atoms with Crippen molar-refractivity contribution >= 4 is 27.3 Å². The SMILES string of the molecule is CN=C(NCCc1nc(C)c(C)s1)NCc1ccc(S(N)(=O)=O)cc1. The number of primary sulfonamides is 1. The summed E-state index contributed by atoms with van der Waals surface area (Å²) >= 11 is 1.72. The third-order valence-corrected chi connectivity index (χ3v) is 5.70. The van der Waals surface area contributed by atoms with Gasteiger partial charge in [0.15, 0.2) is 5.96 Å². The summed E-state index contributed by atoms with van der Waals surface area (Å²) in [6.07, 6.45) is 0.836. The van der Waals surface area contributed by atoms with E-state index in [0.29, 0.717) is 12.5 Å². The van der Waals surface area contributed by atoms with Crippen molar-refractivity contribution in [2.24, 2.45) is 10.1 Å². The number of sulfonamides is 1. The first-order chi connectivity index (χ1) is 11.8. The molecule has 2 aromatic rings. The Morgan fingerprint density at radius 3 is 2.44 bits per heavy atom. The molecule has 136 valence electrons. The number of aromatic nitrogens is 1. The van der Waals surface area contributed by atoms with Crippen LogP contribution in [0.3, 0.4) is 0 Å². The van der Waals surface area contributed by atoms with E-state index in [2.05, 4.69) is 27.5 Å². The maximum absolute atomic E-state index is 11.2. The molecule has 9 heteroatoms. The van der Waals surface area contributed by atoms with Gasteiger partial charge in [0.1, 0.15) is 0 Å². The van der Waals surface area contributed by atoms with Crippen molar-refractivity contribution in [1.82, 2.24) is 15.6 Å². The number of hydrogen-bond donors (Lipinski definition) is 3. The monoisotopic (exact) mass is 381 g/mol. The Morgan fingerprint density at radius 1 is 1.24 bits per heavy atom. The predicted molar refractivity (Wildman–Crippen MR) is 101 cm³/mol. The molecule has 0 saturated carbocycles. The van der Waals surface area contributed by atoms with Gasteiger partial charge < -0.3 is 10.6 Å². The second-order valence-electron chi connectivity index (χ2n) is 5.54. The second-order valence-corrected chi connectivity index (χ2v) is 8.39. The van der Waals surface area contributed by atoms with Gasteiger partial charge in [-0.15, -0.1) is 11.3 Å². The molecule has 1 aromatic heterocycles. The van der Waals surface area contributed by atoms with E-state index in [1.165, 1.54) is 17.0 Å². The molecular weight excluding hydrogens is 358 g/mol. The van der Waals surface area contributed by atoms with Gasteiger partial charge in [-0.3, -0.25) is 4.99 Å². The third-order valence-electron chi connectivity index (χ3n) is 3.64. The van der Waals surface area contributed by atoms with E-state index in [9.17, 15) is 8.42 Å². The fourth-order valence-corrected chi connectivity index (χ4v) is 3.59. The van der Waals surface area contributed by atoms with Crippen molar-refractivity contribution in [3.05, 3.63) is 45.4 Å². The van der Waals surface area contributed by atoms with Crippen LogP contribution in [0.1, 0.15) is 21.1 Å². The molecule has 0 spiro atoms. The van der Waals surface area contributed by atoms with Crippen LogP contribution in [0.2, 0.25) is 0 Å². The maximum Gasteiger partial charge on any atom is 0.238 e. The Morgan fingerprint density at radius 2 is 1.92 bits per heavy atom. The number of nitrogens with one attached hydrogen (secondary N) is 2. The third kappa shape index (κ3) is 5.80. The molecule has 7 nitrogen and oxygen atoms in total. The summed E-state index contributed by atoms with van der Waals surface area (Å²) in [5.74, 6) is 0.681. The zero-order chi connectivity index (χ0) is 18.4. The minimum Gasteiger partial charge on any atom is -0.356 e. The zero-order valence-corrected chi connectivity index (χ0v) is 16.2. The quantitative estimate of drug-likeness (QED) is 0.516. The molecule has 0 saturated heterocycles. The molecule has 1 aromatic carbocycles. The first-order valence-corrected chi connectivity index (χ1v) is 10.1. The van der Waals surface area contributed by atoms with Gasteiger partial charge in [0.05, 0.1) is 15.6 Å². The fraction of sp³-hybridized carbons (Fsp3) is 0.375. The van der Waals surface area contributed by atoms with Crippen molar-refractivity contribution < 1.29 is 8.42 Å². The van der Waals surface area contributed by atoms with Crippen molar-refractivity contribution in [3.63, 3.8) is 0 Å². The lowest BCUT2D eigenvalue weighted by Crippen LogP contribution is -2.37. The van der Waals surface area contributed by atoms with Crippen LogP contribution in [-0.2, 0) is 23.0 Å². The number of guanidine groups is 1. The number of thiazole rings is 1. The van der Waals surface area contributed by atoms with Crippen LogP contribution in [0, 0.1) is 13.8 Å². The van der Waals surface area contributed by atoms with Crippen LogP contribution >= 0.6 is 11.3 Å². The van der Waals surface area contributed by atoms with Gasteiger partial charge in [0.2, 0.25) is 10.0 Å². The molecule has 4 N–H and O–H groups in total. The van der Waals surface area contributed by atoms with E-state index in [0.717, 1.165) is 29.2 Å². The Kier molecular flexibility index (Phi) is 6.51. The van der Waals surface area contributed by atoms with Crippen molar-refractivity contribution in [2.75, 3.05) is 13.6 Å². The molecular formula is C16H23N5O2S2. The maximum atomic E-state index is 11.2. The average Bonchev–Trinajstić information content (AvgIpc) is 2.88. The summed E-state index contributed by atoms with van der Waals surface area (Å²) in [6.45, 7) is 5.35. The van der Waals surface area contributed by atoms with Crippen LogP contribution < -0.4 is 15.8 Å². The van der Waals surface area contributed by atoms with E-state index < -0.39 is 10.0 Å². The van der Waals surface area contributed by atoms with Crippen molar-refractivity contribution in [1.29, 1.82) is 0 Å². The number of nitrogens with two attached hydrogens (primary N) is 1. The van der Waals surface area contributed by atoms with E-state index in [1.807, 2.05) is 6.92 Å². The normalized spacial score (nSPS) is 12.2. The number of aryl methyl sites for hydroxylation is 2. The van der Waals surface area contributed by atoms with Gasteiger partial charge in [-0.05, 0) is 31.5 Å². The van der Waals surface area contributed by atoms with Gasteiger partial charge in [-0.25, -0.2) is 18.5 Å². The van der Waals surface area contributed by atoms with Gasteiger partial charge in [0, 0.05) is 31.4 Å². The minimum absolute atomic E-state index is 0.104. The van der Waals surface area contributed by atoms with E-state index in [1.54, 1.807) is 30.5 Å². The summed E-state index contributed by atoms with van der Waals surface area (Å²) in [7, 11) is -1.95. The van der Waals surface area contributed by atoms with Crippen LogP contribution in [0.15, 0.2) is 34.2 Å². The lowest BCUT2D eigenvalue weighted by molar-refractivity contribution is 0.597. The second kappa shape index (κ2) is 8.41. The first-order valence-electron chi connectivity index (χ1n) is 7.79. The zero-order valence-electron chi connectivity index (χ0n) is 14.5. The molecule has 2 rings (SSSR count). The molecule has 0 radical (unpaired) electrons. The van der Waals surface area contributed by atoms with Crippen LogP contribution in [-0.4, -0.2) is 33.0 Å². The minimum atomic E-state index is -3.66. The van der Waals surface area contributed by atoms with Crippen LogP contribution in [0.5, 0.6) is 0 Å². The van der Waals surface area contributed by atoms with Gasteiger partial charge in [-0.1, -0.05) is 12.1 Å². The summed E-state index contributed by atoms with van der Waals surface area (Å²) in [5.41, 5.74) is 2.02. The molecule has 1 heterocycles. The lowest BCUT2D eigenvalue weighted by atomic mass is 10.2. The molecule has 0 amide bonds. The fourth-order valence-electron chi connectivity index (χ4n) is 2.14. The Balaban J connectivity index is 1.82. The predicted octanol–water partition coefficient (Wildman–Crippen LogP) is 1.32. The van der Waals surface area contributed by atoms with Crippen LogP contribution in [0.25, 0.3) is 0 Å². The molecule has 0 atom stereocenters. The van der Waals surface area contributed by atoms with Gasteiger partial charge in [-0.2, -0.15) is 0 Å². The number of benzene rings is 1. The highest BCUT2D eigenvalue weighted by molar-refractivity contribution is 7.89. The van der Waals surface area contributed by atoms with E-state index in [4.69, 9.17) is 5.14 Å². The van der Waals surface area contributed by atoms with Gasteiger partial charge in [0.25, 0.3) is 0 Å². The molecule has 0 aliphatic heterocycles. The molecule has 0 aliphatic carbocycles. The highest BCUT2D eigenvalue weighted by Gasteiger charge is 2.07. The topological polar surface area (TPSA) is 109 Å². The smallest absolute Gasteiger partial charge is 0.238 e. The largest absolute Gasteiger partial charge is 0.356 e. The molecule has 25 heavy (non-hydrogen) atoms. The highest BCUT2D eigenvalue weighted by Crippen LogP contribution is 2.16.